The molecule has 1 fully saturated rings. The van der Waals surface area contributed by atoms with E-state index in [1.54, 1.807) is 11.5 Å². The molecule has 0 amide bonds. The van der Waals surface area contributed by atoms with E-state index in [0.29, 0.717) is 5.52 Å². The van der Waals surface area contributed by atoms with Crippen molar-refractivity contribution in [3.63, 3.8) is 0 Å². The van der Waals surface area contributed by atoms with Crippen LogP contribution in [0.1, 0.15) is 36.2 Å². The van der Waals surface area contributed by atoms with Crippen LogP contribution < -0.4 is 10.2 Å². The molecule has 24 heavy (non-hydrogen) atoms. The first-order valence-corrected chi connectivity index (χ1v) is 7.57. The highest BCUT2D eigenvalue weighted by atomic mass is 16.6. The SMILES string of the molecule is CCOC(=O)c1cn(C2CC2)c2c(OC)c([N+](=O)[O-])ccc2c1=O. The highest BCUT2D eigenvalue weighted by molar-refractivity contribution is 5.96. The second kappa shape index (κ2) is 5.95. The maximum Gasteiger partial charge on any atom is 0.343 e. The minimum atomic E-state index is -0.698. The second-order valence-electron chi connectivity index (χ2n) is 5.50. The van der Waals surface area contributed by atoms with Gasteiger partial charge in [0.15, 0.2) is 0 Å². The summed E-state index contributed by atoms with van der Waals surface area (Å²) in [5.74, 6) is -0.673. The largest absolute Gasteiger partial charge is 0.489 e. The Morgan fingerprint density at radius 3 is 2.67 bits per heavy atom. The van der Waals surface area contributed by atoms with Gasteiger partial charge in [0.05, 0.1) is 24.0 Å². The van der Waals surface area contributed by atoms with Gasteiger partial charge in [0.25, 0.3) is 0 Å². The van der Waals surface area contributed by atoms with Crippen molar-refractivity contribution < 1.29 is 19.2 Å². The summed E-state index contributed by atoms with van der Waals surface area (Å²) in [6, 6.07) is 2.66. The summed E-state index contributed by atoms with van der Waals surface area (Å²) in [6.45, 7) is 1.81. The van der Waals surface area contributed by atoms with Gasteiger partial charge in [-0.2, -0.15) is 0 Å². The molecule has 1 aliphatic carbocycles. The molecule has 0 unspecified atom stereocenters. The molecule has 1 aromatic heterocycles. The fourth-order valence-electron chi connectivity index (χ4n) is 2.75. The van der Waals surface area contributed by atoms with Crippen molar-refractivity contribution in [2.75, 3.05) is 13.7 Å². The molecule has 0 atom stereocenters. The van der Waals surface area contributed by atoms with Crippen molar-refractivity contribution in [1.29, 1.82) is 0 Å². The predicted molar refractivity (Wildman–Crippen MR) is 85.6 cm³/mol. The molecule has 1 aliphatic rings. The molecule has 126 valence electrons. The number of nitrogens with zero attached hydrogens (tertiary/aromatic N) is 2. The van der Waals surface area contributed by atoms with E-state index in [9.17, 15) is 19.7 Å². The molecule has 0 radical (unpaired) electrons. The Kier molecular flexibility index (Phi) is 3.96. The molecule has 1 saturated carbocycles. The molecule has 1 heterocycles. The van der Waals surface area contributed by atoms with E-state index in [4.69, 9.17) is 9.47 Å². The number of nitro groups is 1. The van der Waals surface area contributed by atoms with Gasteiger partial charge in [-0.15, -0.1) is 0 Å². The summed E-state index contributed by atoms with van der Waals surface area (Å²) in [7, 11) is 1.32. The number of fused-ring (bicyclic) bond motifs is 1. The van der Waals surface area contributed by atoms with Gasteiger partial charge in [-0.3, -0.25) is 14.9 Å². The van der Waals surface area contributed by atoms with Crippen LogP contribution in [-0.4, -0.2) is 29.2 Å². The first kappa shape index (κ1) is 16.0. The Bertz CT molecular complexity index is 898. The molecule has 1 aromatic carbocycles. The van der Waals surface area contributed by atoms with E-state index < -0.39 is 16.3 Å². The Morgan fingerprint density at radius 1 is 1.42 bits per heavy atom. The molecule has 0 bridgehead atoms. The maximum atomic E-state index is 12.6. The summed E-state index contributed by atoms with van der Waals surface area (Å²) >= 11 is 0. The molecule has 8 heteroatoms. The summed E-state index contributed by atoms with van der Waals surface area (Å²) < 4.78 is 11.9. The molecule has 0 spiro atoms. The number of hydrogen-bond acceptors (Lipinski definition) is 6. The Morgan fingerprint density at radius 2 is 2.12 bits per heavy atom. The summed E-state index contributed by atoms with van der Waals surface area (Å²) in [5.41, 5.74) is -0.476. The van der Waals surface area contributed by atoms with Crippen molar-refractivity contribution in [2.45, 2.75) is 25.8 Å². The zero-order valence-corrected chi connectivity index (χ0v) is 13.3. The third-order valence-electron chi connectivity index (χ3n) is 3.96. The topological polar surface area (TPSA) is 101 Å². The average Bonchev–Trinajstić information content (AvgIpc) is 3.39. The molecule has 3 rings (SSSR count). The molecule has 0 N–H and O–H groups in total. The number of nitro benzene ring substituents is 1. The zero-order valence-electron chi connectivity index (χ0n) is 13.3. The van der Waals surface area contributed by atoms with Crippen molar-refractivity contribution in [2.24, 2.45) is 0 Å². The van der Waals surface area contributed by atoms with Crippen LogP contribution >= 0.6 is 0 Å². The first-order chi connectivity index (χ1) is 11.5. The fraction of sp³-hybridized carbons (Fsp3) is 0.375. The molecular formula is C16H16N2O6. The predicted octanol–water partition coefficient (Wildman–Crippen LogP) is 2.43. The van der Waals surface area contributed by atoms with E-state index >= 15 is 0 Å². The number of pyridine rings is 1. The van der Waals surface area contributed by atoms with E-state index in [1.807, 2.05) is 0 Å². The van der Waals surface area contributed by atoms with Gasteiger partial charge in [0.1, 0.15) is 11.1 Å². The van der Waals surface area contributed by atoms with Gasteiger partial charge in [-0.05, 0) is 25.8 Å². The standard InChI is InChI=1S/C16H16N2O6/c1-3-24-16(20)11-8-17(9-4-5-9)13-10(14(11)19)6-7-12(18(21)22)15(13)23-2/h6-9H,3-5H2,1-2H3. The normalized spacial score (nSPS) is 13.8. The van der Waals surface area contributed by atoms with Gasteiger partial charge < -0.3 is 14.0 Å². The van der Waals surface area contributed by atoms with Crippen molar-refractivity contribution >= 4 is 22.6 Å². The minimum absolute atomic E-state index is 0.0249. The molecule has 2 aromatic rings. The lowest BCUT2D eigenvalue weighted by Gasteiger charge is -2.15. The van der Waals surface area contributed by atoms with Crippen LogP contribution in [0.5, 0.6) is 5.75 Å². The van der Waals surface area contributed by atoms with E-state index in [1.165, 1.54) is 25.4 Å². The second-order valence-corrected chi connectivity index (χ2v) is 5.50. The number of methoxy groups -OCH3 is 1. The maximum absolute atomic E-state index is 12.6. The van der Waals surface area contributed by atoms with Gasteiger partial charge in [0.2, 0.25) is 11.2 Å². The first-order valence-electron chi connectivity index (χ1n) is 7.57. The average molecular weight is 332 g/mol. The van der Waals surface area contributed by atoms with E-state index in [2.05, 4.69) is 0 Å². The quantitative estimate of drug-likeness (QED) is 0.473. The fourth-order valence-corrected chi connectivity index (χ4v) is 2.75. The van der Waals surface area contributed by atoms with Crippen LogP contribution in [0.2, 0.25) is 0 Å². The van der Waals surface area contributed by atoms with Crippen LogP contribution in [-0.2, 0) is 4.74 Å². The van der Waals surface area contributed by atoms with E-state index in [-0.39, 0.29) is 35.0 Å². The smallest absolute Gasteiger partial charge is 0.343 e. The van der Waals surface area contributed by atoms with Crippen LogP contribution in [0.4, 0.5) is 5.69 Å². The summed E-state index contributed by atoms with van der Waals surface area (Å²) in [5, 5.41) is 11.4. The summed E-state index contributed by atoms with van der Waals surface area (Å²) in [4.78, 5) is 35.4. The molecule has 0 aliphatic heterocycles. The zero-order chi connectivity index (χ0) is 17.4. The number of rotatable bonds is 5. The van der Waals surface area contributed by atoms with Crippen LogP contribution in [0.15, 0.2) is 23.1 Å². The Labute approximate surface area is 136 Å². The number of ether oxygens (including phenoxy) is 2. The summed E-state index contributed by atoms with van der Waals surface area (Å²) in [6.07, 6.45) is 3.16. The number of carbonyl (C=O) groups excluding carboxylic acids is 1. The molecule has 0 saturated heterocycles. The number of benzene rings is 1. The van der Waals surface area contributed by atoms with Crippen molar-refractivity contribution in [3.05, 3.63) is 44.2 Å². The number of esters is 1. The third kappa shape index (κ3) is 2.49. The van der Waals surface area contributed by atoms with Crippen LogP contribution in [0, 0.1) is 10.1 Å². The Balaban J connectivity index is 2.38. The third-order valence-corrected chi connectivity index (χ3v) is 3.96. The van der Waals surface area contributed by atoms with Gasteiger partial charge >= 0.3 is 11.7 Å². The lowest BCUT2D eigenvalue weighted by Crippen LogP contribution is -2.21. The number of carbonyl (C=O) groups is 1. The van der Waals surface area contributed by atoms with Crippen molar-refractivity contribution in [3.8, 4) is 5.75 Å². The number of aromatic nitrogens is 1. The molecular weight excluding hydrogens is 316 g/mol. The number of hydrogen-bond donors (Lipinski definition) is 0. The lowest BCUT2D eigenvalue weighted by molar-refractivity contribution is -0.385. The molecule has 8 nitrogen and oxygen atoms in total. The highest BCUT2D eigenvalue weighted by Crippen LogP contribution is 2.41. The lowest BCUT2D eigenvalue weighted by atomic mass is 10.1. The van der Waals surface area contributed by atoms with Crippen LogP contribution in [0.3, 0.4) is 0 Å². The minimum Gasteiger partial charge on any atom is -0.489 e. The highest BCUT2D eigenvalue weighted by Gasteiger charge is 2.31. The van der Waals surface area contributed by atoms with Crippen LogP contribution in [0.25, 0.3) is 10.9 Å². The van der Waals surface area contributed by atoms with Gasteiger partial charge in [-0.25, -0.2) is 4.79 Å². The monoisotopic (exact) mass is 332 g/mol. The Hall–Kier alpha value is -2.90. The van der Waals surface area contributed by atoms with Crippen molar-refractivity contribution in [1.82, 2.24) is 4.57 Å². The van der Waals surface area contributed by atoms with Gasteiger partial charge in [0, 0.05) is 18.3 Å². The van der Waals surface area contributed by atoms with Gasteiger partial charge in [-0.1, -0.05) is 0 Å². The van der Waals surface area contributed by atoms with E-state index in [0.717, 1.165) is 12.8 Å².